The molecule has 1 aliphatic rings. The number of rotatable bonds is 10. The minimum atomic E-state index is -0.733. The number of benzene rings is 2. The van der Waals surface area contributed by atoms with E-state index >= 15 is 0 Å². The van der Waals surface area contributed by atoms with Crippen LogP contribution in [0.25, 0.3) is 0 Å². The Kier molecular flexibility index (Phi) is 8.19. The van der Waals surface area contributed by atoms with Gasteiger partial charge in [0.15, 0.2) is 0 Å². The van der Waals surface area contributed by atoms with Crippen LogP contribution in [0.5, 0.6) is 5.75 Å². The zero-order valence-electron chi connectivity index (χ0n) is 19.6. The second-order valence-corrected chi connectivity index (χ2v) is 7.97. The fraction of sp³-hybridized carbons (Fsp3) is 0.400. The van der Waals surface area contributed by atoms with E-state index in [0.29, 0.717) is 31.2 Å². The molecule has 1 saturated heterocycles. The van der Waals surface area contributed by atoms with Crippen LogP contribution in [0.3, 0.4) is 0 Å². The van der Waals surface area contributed by atoms with Crippen molar-refractivity contribution in [1.29, 1.82) is 0 Å². The van der Waals surface area contributed by atoms with Gasteiger partial charge < -0.3 is 14.8 Å². The summed E-state index contributed by atoms with van der Waals surface area (Å²) in [6, 6.07) is 11.8. The van der Waals surface area contributed by atoms with Crippen molar-refractivity contribution in [2.45, 2.75) is 33.2 Å². The molecule has 8 nitrogen and oxygen atoms in total. The molecule has 0 aromatic heterocycles. The zero-order valence-corrected chi connectivity index (χ0v) is 19.6. The molecule has 8 heteroatoms. The number of carbonyl (C=O) groups is 3. The van der Waals surface area contributed by atoms with Crippen molar-refractivity contribution in [2.24, 2.45) is 0 Å². The summed E-state index contributed by atoms with van der Waals surface area (Å²) in [5, 5.41) is 2.92. The van der Waals surface area contributed by atoms with E-state index < -0.39 is 6.04 Å². The highest BCUT2D eigenvalue weighted by atomic mass is 16.5. The number of carbonyl (C=O) groups excluding carboxylic acids is 3. The molecule has 2 aromatic carbocycles. The minimum absolute atomic E-state index is 0.00646. The first-order valence-corrected chi connectivity index (χ1v) is 11.0. The Hall–Kier alpha value is -3.23. The number of methoxy groups -OCH3 is 1. The Labute approximate surface area is 194 Å². The molecular formula is C25H31N3O5. The van der Waals surface area contributed by atoms with E-state index in [2.05, 4.69) is 5.32 Å². The molecule has 2 aromatic rings. The largest absolute Gasteiger partial charge is 0.494 e. The first-order chi connectivity index (χ1) is 15.8. The van der Waals surface area contributed by atoms with E-state index in [-0.39, 0.29) is 30.7 Å². The number of hydrogen-bond acceptors (Lipinski definition) is 6. The van der Waals surface area contributed by atoms with Crippen LogP contribution in [0.4, 0.5) is 11.4 Å². The van der Waals surface area contributed by atoms with E-state index in [9.17, 15) is 14.4 Å². The van der Waals surface area contributed by atoms with Gasteiger partial charge in [0.2, 0.25) is 11.8 Å². The average Bonchev–Trinajstić information content (AvgIpc) is 3.09. The third-order valence-electron chi connectivity index (χ3n) is 5.78. The van der Waals surface area contributed by atoms with Crippen molar-refractivity contribution >= 4 is 29.1 Å². The fourth-order valence-electron chi connectivity index (χ4n) is 3.84. The van der Waals surface area contributed by atoms with Gasteiger partial charge in [-0.15, -0.1) is 0 Å². The van der Waals surface area contributed by atoms with Crippen molar-refractivity contribution in [3.63, 3.8) is 0 Å². The molecule has 0 bridgehead atoms. The molecule has 0 radical (unpaired) electrons. The number of imide groups is 1. The normalized spacial score (nSPS) is 15.9. The third-order valence-corrected chi connectivity index (χ3v) is 5.78. The Morgan fingerprint density at radius 2 is 1.88 bits per heavy atom. The zero-order chi connectivity index (χ0) is 24.0. The van der Waals surface area contributed by atoms with Gasteiger partial charge in [0, 0.05) is 19.3 Å². The van der Waals surface area contributed by atoms with Crippen LogP contribution < -0.4 is 15.0 Å². The highest BCUT2D eigenvalue weighted by Gasteiger charge is 2.43. The summed E-state index contributed by atoms with van der Waals surface area (Å²) in [6.07, 6.45) is 0.00646. The van der Waals surface area contributed by atoms with Crippen LogP contribution in [0.1, 0.15) is 24.5 Å². The molecule has 1 unspecified atom stereocenters. The van der Waals surface area contributed by atoms with Crippen LogP contribution in [0.2, 0.25) is 0 Å². The van der Waals surface area contributed by atoms with Crippen molar-refractivity contribution in [2.75, 3.05) is 43.6 Å². The molecule has 1 N–H and O–H groups in total. The summed E-state index contributed by atoms with van der Waals surface area (Å²) < 4.78 is 10.6. The third kappa shape index (κ3) is 5.77. The highest BCUT2D eigenvalue weighted by molar-refractivity contribution is 6.22. The molecule has 0 aliphatic carbocycles. The van der Waals surface area contributed by atoms with E-state index in [1.807, 2.05) is 39.0 Å². The number of aryl methyl sites for hydroxylation is 1. The lowest BCUT2D eigenvalue weighted by molar-refractivity contribution is -0.124. The van der Waals surface area contributed by atoms with E-state index in [0.717, 1.165) is 16.8 Å². The monoisotopic (exact) mass is 453 g/mol. The molecule has 33 heavy (non-hydrogen) atoms. The number of nitrogens with zero attached hydrogens (tertiary/aromatic N) is 2. The molecule has 1 fully saturated rings. The van der Waals surface area contributed by atoms with Crippen LogP contribution in [-0.4, -0.2) is 62.1 Å². The number of ether oxygens (including phenoxy) is 2. The lowest BCUT2D eigenvalue weighted by atomic mass is 10.1. The molecular weight excluding hydrogens is 422 g/mol. The van der Waals surface area contributed by atoms with Crippen LogP contribution >= 0.6 is 0 Å². The van der Waals surface area contributed by atoms with Gasteiger partial charge in [0.25, 0.3) is 5.91 Å². The van der Waals surface area contributed by atoms with E-state index in [1.54, 1.807) is 36.3 Å². The predicted molar refractivity (Wildman–Crippen MR) is 127 cm³/mol. The van der Waals surface area contributed by atoms with Gasteiger partial charge in [0.1, 0.15) is 5.75 Å². The quantitative estimate of drug-likeness (QED) is 0.557. The molecule has 176 valence electrons. The van der Waals surface area contributed by atoms with Gasteiger partial charge in [-0.05, 0) is 62.2 Å². The summed E-state index contributed by atoms with van der Waals surface area (Å²) in [4.78, 5) is 41.7. The summed E-state index contributed by atoms with van der Waals surface area (Å²) in [5.74, 6) is -0.229. The van der Waals surface area contributed by atoms with Crippen molar-refractivity contribution in [3.8, 4) is 5.75 Å². The first kappa shape index (κ1) is 24.4. The van der Waals surface area contributed by atoms with Gasteiger partial charge in [-0.3, -0.25) is 19.3 Å². The molecule has 3 rings (SSSR count). The van der Waals surface area contributed by atoms with Gasteiger partial charge in [-0.1, -0.05) is 12.1 Å². The van der Waals surface area contributed by atoms with Crippen molar-refractivity contribution in [3.05, 3.63) is 53.6 Å². The molecule has 1 heterocycles. The summed E-state index contributed by atoms with van der Waals surface area (Å²) >= 11 is 0. The summed E-state index contributed by atoms with van der Waals surface area (Å²) in [6.45, 7) is 6.99. The summed E-state index contributed by atoms with van der Waals surface area (Å²) in [5.41, 5.74) is 3.29. The topological polar surface area (TPSA) is 88.2 Å². The van der Waals surface area contributed by atoms with Gasteiger partial charge >= 0.3 is 0 Å². The lowest BCUT2D eigenvalue weighted by Gasteiger charge is -2.26. The average molecular weight is 454 g/mol. The lowest BCUT2D eigenvalue weighted by Crippen LogP contribution is -2.47. The number of nitrogens with one attached hydrogen (secondary N) is 1. The van der Waals surface area contributed by atoms with Crippen LogP contribution in [0.15, 0.2) is 42.5 Å². The SMILES string of the molecule is CCOc1ccc(N2C(=O)CC(N(CCOC)CC(=O)Nc3cccc(C)c3C)C2=O)cc1. The highest BCUT2D eigenvalue weighted by Crippen LogP contribution is 2.27. The molecule has 1 aliphatic heterocycles. The van der Waals surface area contributed by atoms with E-state index in [1.165, 1.54) is 4.90 Å². The van der Waals surface area contributed by atoms with Gasteiger partial charge in [0.05, 0.1) is 37.9 Å². The van der Waals surface area contributed by atoms with Crippen LogP contribution in [-0.2, 0) is 19.1 Å². The maximum atomic E-state index is 13.2. The Morgan fingerprint density at radius 3 is 2.55 bits per heavy atom. The molecule has 1 atom stereocenters. The standard InChI is InChI=1S/C25H31N3O5/c1-5-33-20-11-9-19(10-12-20)28-24(30)15-22(25(28)31)27(13-14-32-4)16-23(29)26-21-8-6-7-17(2)18(21)3/h6-12,22H,5,13-16H2,1-4H3,(H,26,29). The Bertz CT molecular complexity index is 1010. The van der Waals surface area contributed by atoms with Crippen molar-refractivity contribution < 1.29 is 23.9 Å². The van der Waals surface area contributed by atoms with Crippen molar-refractivity contribution in [1.82, 2.24) is 4.90 Å². The number of anilines is 2. The minimum Gasteiger partial charge on any atom is -0.494 e. The Morgan fingerprint density at radius 1 is 1.15 bits per heavy atom. The smallest absolute Gasteiger partial charge is 0.251 e. The van der Waals surface area contributed by atoms with E-state index in [4.69, 9.17) is 9.47 Å². The maximum Gasteiger partial charge on any atom is 0.251 e. The second-order valence-electron chi connectivity index (χ2n) is 7.97. The second kappa shape index (κ2) is 11.1. The van der Waals surface area contributed by atoms with Crippen LogP contribution in [0, 0.1) is 13.8 Å². The predicted octanol–water partition coefficient (Wildman–Crippen LogP) is 2.92. The fourth-order valence-corrected chi connectivity index (χ4v) is 3.84. The molecule has 3 amide bonds. The van der Waals surface area contributed by atoms with Gasteiger partial charge in [-0.25, -0.2) is 4.90 Å². The Balaban J connectivity index is 1.74. The van der Waals surface area contributed by atoms with Gasteiger partial charge in [-0.2, -0.15) is 0 Å². The molecule has 0 spiro atoms. The molecule has 0 saturated carbocycles. The number of hydrogen-bond donors (Lipinski definition) is 1. The number of amides is 3. The maximum absolute atomic E-state index is 13.2. The first-order valence-electron chi connectivity index (χ1n) is 11.0. The summed E-state index contributed by atoms with van der Waals surface area (Å²) in [7, 11) is 1.56.